The molecule has 0 radical (unpaired) electrons. The maximum absolute atomic E-state index is 12.7. The predicted molar refractivity (Wildman–Crippen MR) is 95.9 cm³/mol. The largest absolute Gasteiger partial charge is 0.455 e. The van der Waals surface area contributed by atoms with Crippen molar-refractivity contribution < 1.29 is 27.3 Å². The number of amides is 1. The molecule has 2 aromatic heterocycles. The summed E-state index contributed by atoms with van der Waals surface area (Å²) in [6.07, 6.45) is -3.07. The number of ketones is 1. The molecule has 0 spiro atoms. The number of nitrogens with one attached hydrogen (secondary N) is 1. The van der Waals surface area contributed by atoms with Crippen LogP contribution >= 0.6 is 11.3 Å². The minimum absolute atomic E-state index is 0.121. The van der Waals surface area contributed by atoms with E-state index in [-0.39, 0.29) is 10.8 Å². The van der Waals surface area contributed by atoms with Crippen LogP contribution in [0.2, 0.25) is 0 Å². The van der Waals surface area contributed by atoms with E-state index in [9.17, 15) is 22.8 Å². The van der Waals surface area contributed by atoms with Crippen LogP contribution in [-0.2, 0) is 13.1 Å². The fraction of sp³-hybridized carbons (Fsp3) is 0.211. The standard InChI is InChI=1S/C19H14F3N3O2S/c20-19(21,22)17(26)14-6-7-15(28-14)18(27)24-8-9-25-13(10-23-16(25)11-24)12-4-2-1-3-5-12/h1-7,10H,8-9,11H2/p+1. The highest BCUT2D eigenvalue weighted by molar-refractivity contribution is 7.16. The molecule has 1 aliphatic rings. The van der Waals surface area contributed by atoms with E-state index in [0.29, 0.717) is 31.0 Å². The number of carbonyl (C=O) groups excluding carboxylic acids is 2. The molecule has 1 aliphatic heterocycles. The molecule has 4 rings (SSSR count). The fourth-order valence-corrected chi connectivity index (χ4v) is 4.15. The fourth-order valence-electron chi connectivity index (χ4n) is 3.21. The lowest BCUT2D eigenvalue weighted by molar-refractivity contribution is -0.699. The van der Waals surface area contributed by atoms with E-state index in [1.165, 1.54) is 6.07 Å². The Labute approximate surface area is 162 Å². The Morgan fingerprint density at radius 2 is 1.79 bits per heavy atom. The van der Waals surface area contributed by atoms with E-state index in [1.807, 2.05) is 36.5 Å². The van der Waals surface area contributed by atoms with Gasteiger partial charge in [0.2, 0.25) is 0 Å². The molecular weight excluding hydrogens is 391 g/mol. The first-order valence-corrected chi connectivity index (χ1v) is 9.32. The summed E-state index contributed by atoms with van der Waals surface area (Å²) in [4.78, 5) is 28.4. The number of imidazole rings is 1. The minimum Gasteiger partial charge on any atom is -0.322 e. The molecule has 0 atom stereocenters. The Kier molecular flexibility index (Phi) is 4.54. The molecule has 0 aliphatic carbocycles. The second-order valence-corrected chi connectivity index (χ2v) is 7.44. The molecule has 0 unspecified atom stereocenters. The van der Waals surface area contributed by atoms with Gasteiger partial charge in [-0.15, -0.1) is 11.3 Å². The predicted octanol–water partition coefficient (Wildman–Crippen LogP) is 3.43. The summed E-state index contributed by atoms with van der Waals surface area (Å²) in [5, 5.41) is 0. The number of aromatic amines is 1. The summed E-state index contributed by atoms with van der Waals surface area (Å²) in [6.45, 7) is 1.30. The van der Waals surface area contributed by atoms with Gasteiger partial charge < -0.3 is 4.90 Å². The van der Waals surface area contributed by atoms with Crippen molar-refractivity contribution in [3.63, 3.8) is 0 Å². The summed E-state index contributed by atoms with van der Waals surface area (Å²) in [6, 6.07) is 12.2. The van der Waals surface area contributed by atoms with E-state index in [0.717, 1.165) is 23.1 Å². The van der Waals surface area contributed by atoms with Crippen LogP contribution in [0.1, 0.15) is 25.2 Å². The van der Waals surface area contributed by atoms with Gasteiger partial charge >= 0.3 is 6.18 Å². The van der Waals surface area contributed by atoms with Crippen LogP contribution in [0.3, 0.4) is 0 Å². The molecule has 9 heteroatoms. The van der Waals surface area contributed by atoms with Gasteiger partial charge in [-0.1, -0.05) is 30.3 Å². The van der Waals surface area contributed by atoms with E-state index in [1.54, 1.807) is 4.90 Å². The Bertz CT molecular complexity index is 1040. The summed E-state index contributed by atoms with van der Waals surface area (Å²) in [5.41, 5.74) is 2.07. The van der Waals surface area contributed by atoms with Crippen molar-refractivity contribution in [3.8, 4) is 11.3 Å². The second-order valence-electron chi connectivity index (χ2n) is 6.36. The van der Waals surface area contributed by atoms with Crippen LogP contribution in [0.25, 0.3) is 11.3 Å². The van der Waals surface area contributed by atoms with Gasteiger partial charge in [-0.3, -0.25) is 9.59 Å². The Morgan fingerprint density at radius 3 is 2.50 bits per heavy atom. The van der Waals surface area contributed by atoms with Crippen LogP contribution in [0.5, 0.6) is 0 Å². The molecule has 0 saturated heterocycles. The summed E-state index contributed by atoms with van der Waals surface area (Å²) >= 11 is 0.575. The first-order valence-electron chi connectivity index (χ1n) is 8.51. The summed E-state index contributed by atoms with van der Waals surface area (Å²) in [7, 11) is 0. The number of hydrogen-bond donors (Lipinski definition) is 1. The number of rotatable bonds is 3. The smallest absolute Gasteiger partial charge is 0.322 e. The normalized spacial score (nSPS) is 14.0. The van der Waals surface area contributed by atoms with Gasteiger partial charge in [0.05, 0.1) is 16.3 Å². The van der Waals surface area contributed by atoms with Crippen LogP contribution in [0.15, 0.2) is 48.7 Å². The SMILES string of the molecule is O=C(c1ccc(C(=O)C(F)(F)F)s1)N1CC[n+]2c(-c3ccccc3)c[nH]c2C1. The van der Waals surface area contributed by atoms with E-state index in [4.69, 9.17) is 0 Å². The molecule has 5 nitrogen and oxygen atoms in total. The molecule has 3 heterocycles. The number of nitrogens with zero attached hydrogens (tertiary/aromatic N) is 2. The number of Topliss-reactive ketones (excluding diaryl/α,β-unsaturated/α-hetero) is 1. The minimum atomic E-state index is -4.94. The average Bonchev–Trinajstić information content (AvgIpc) is 3.33. The van der Waals surface area contributed by atoms with E-state index in [2.05, 4.69) is 9.55 Å². The maximum atomic E-state index is 12.7. The van der Waals surface area contributed by atoms with Crippen LogP contribution in [0.4, 0.5) is 13.2 Å². The highest BCUT2D eigenvalue weighted by Gasteiger charge is 2.40. The van der Waals surface area contributed by atoms with Gasteiger partial charge in [0.1, 0.15) is 19.3 Å². The first kappa shape index (κ1) is 18.4. The van der Waals surface area contributed by atoms with Crippen molar-refractivity contribution in [1.29, 1.82) is 0 Å². The van der Waals surface area contributed by atoms with Gasteiger partial charge in [0.15, 0.2) is 5.69 Å². The van der Waals surface area contributed by atoms with Crippen LogP contribution in [-0.4, -0.2) is 34.3 Å². The van der Waals surface area contributed by atoms with E-state index < -0.39 is 16.8 Å². The topological polar surface area (TPSA) is 57.1 Å². The molecular formula is C19H15F3N3O2S+. The van der Waals surface area contributed by atoms with Crippen molar-refractivity contribution in [1.82, 2.24) is 9.88 Å². The van der Waals surface area contributed by atoms with E-state index >= 15 is 0 Å². The number of H-pyrrole nitrogens is 1. The molecule has 0 saturated carbocycles. The van der Waals surface area contributed by atoms with Gasteiger partial charge in [0.25, 0.3) is 17.5 Å². The Morgan fingerprint density at radius 1 is 1.07 bits per heavy atom. The molecule has 1 amide bonds. The van der Waals surface area contributed by atoms with Crippen molar-refractivity contribution in [2.24, 2.45) is 0 Å². The number of thiophene rings is 1. The third kappa shape index (κ3) is 3.33. The number of halogens is 3. The maximum Gasteiger partial charge on any atom is 0.455 e. The third-order valence-electron chi connectivity index (χ3n) is 4.58. The van der Waals surface area contributed by atoms with Gasteiger partial charge in [0, 0.05) is 5.56 Å². The number of carbonyl (C=O) groups is 2. The zero-order valence-corrected chi connectivity index (χ0v) is 15.3. The number of alkyl halides is 3. The van der Waals surface area contributed by atoms with Gasteiger partial charge in [-0.25, -0.2) is 9.55 Å². The van der Waals surface area contributed by atoms with Gasteiger partial charge in [-0.05, 0) is 12.1 Å². The molecule has 0 bridgehead atoms. The molecule has 0 fully saturated rings. The first-order chi connectivity index (χ1) is 13.3. The zero-order chi connectivity index (χ0) is 19.9. The quantitative estimate of drug-likeness (QED) is 0.535. The Hall–Kier alpha value is -2.94. The number of aromatic nitrogens is 2. The van der Waals surface area contributed by atoms with Crippen molar-refractivity contribution in [2.45, 2.75) is 19.3 Å². The number of hydrogen-bond acceptors (Lipinski definition) is 3. The monoisotopic (exact) mass is 406 g/mol. The highest BCUT2D eigenvalue weighted by atomic mass is 32.1. The van der Waals surface area contributed by atoms with Gasteiger partial charge in [-0.2, -0.15) is 13.2 Å². The molecule has 28 heavy (non-hydrogen) atoms. The van der Waals surface area contributed by atoms with Crippen molar-refractivity contribution in [2.75, 3.05) is 6.54 Å². The van der Waals surface area contributed by atoms with Crippen LogP contribution in [0, 0.1) is 0 Å². The zero-order valence-electron chi connectivity index (χ0n) is 14.5. The highest BCUT2D eigenvalue weighted by Crippen LogP contribution is 2.27. The second kappa shape index (κ2) is 6.90. The summed E-state index contributed by atoms with van der Waals surface area (Å²) in [5.74, 6) is -1.47. The number of benzene rings is 1. The third-order valence-corrected chi connectivity index (χ3v) is 5.65. The lowest BCUT2D eigenvalue weighted by atomic mass is 10.1. The molecule has 1 aromatic carbocycles. The van der Waals surface area contributed by atoms with Crippen molar-refractivity contribution >= 4 is 23.0 Å². The molecule has 1 N–H and O–H groups in total. The summed E-state index contributed by atoms with van der Waals surface area (Å²) < 4.78 is 39.8. The average molecular weight is 406 g/mol. The molecule has 144 valence electrons. The van der Waals surface area contributed by atoms with Crippen LogP contribution < -0.4 is 4.57 Å². The lowest BCUT2D eigenvalue weighted by Gasteiger charge is -2.24. The van der Waals surface area contributed by atoms with Crippen molar-refractivity contribution in [3.05, 3.63) is 64.2 Å². The number of fused-ring (bicyclic) bond motifs is 1. The Balaban J connectivity index is 1.52. The molecule has 3 aromatic rings. The lowest BCUT2D eigenvalue weighted by Crippen LogP contribution is -2.51.